The summed E-state index contributed by atoms with van der Waals surface area (Å²) in [5, 5.41) is 4.01. The molecular formula is C34H45FN2O. The monoisotopic (exact) mass is 516 g/mol. The average Bonchev–Trinajstić information content (AvgIpc) is 3.26. The molecule has 204 valence electrons. The number of fused-ring (bicyclic) bond motifs is 1. The van der Waals surface area contributed by atoms with Crippen LogP contribution in [0.25, 0.3) is 22.7 Å². The first-order valence-corrected chi connectivity index (χ1v) is 13.7. The fourth-order valence-corrected chi connectivity index (χ4v) is 3.76. The maximum atomic E-state index is 15.9. The summed E-state index contributed by atoms with van der Waals surface area (Å²) in [6.45, 7) is 18.0. The predicted octanol–water partition coefficient (Wildman–Crippen LogP) is 11.0. The lowest BCUT2D eigenvalue weighted by atomic mass is 10.0. The third kappa shape index (κ3) is 8.44. The number of hydrogen-bond acceptors (Lipinski definition) is 3. The Kier molecular flexibility index (Phi) is 15.1. The minimum atomic E-state index is -1.49. The van der Waals surface area contributed by atoms with Gasteiger partial charge < -0.3 is 9.73 Å². The Morgan fingerprint density at radius 1 is 1.00 bits per heavy atom. The molecule has 0 unspecified atom stereocenters. The Bertz CT molecular complexity index is 1280. The molecule has 0 aliphatic heterocycles. The highest BCUT2D eigenvalue weighted by molar-refractivity contribution is 5.95. The van der Waals surface area contributed by atoms with E-state index in [4.69, 9.17) is 4.42 Å². The molecule has 0 saturated heterocycles. The minimum Gasteiger partial charge on any atom is -0.454 e. The van der Waals surface area contributed by atoms with E-state index < -0.39 is 6.30 Å². The molecule has 1 aromatic heterocycles. The van der Waals surface area contributed by atoms with E-state index in [1.807, 2.05) is 128 Å². The molecule has 1 atom stereocenters. The summed E-state index contributed by atoms with van der Waals surface area (Å²) in [4.78, 5) is 4.59. The van der Waals surface area contributed by atoms with Crippen LogP contribution in [-0.2, 0) is 0 Å². The zero-order valence-electron chi connectivity index (χ0n) is 24.6. The zero-order chi connectivity index (χ0) is 28.5. The lowest BCUT2D eigenvalue weighted by Crippen LogP contribution is -2.17. The van der Waals surface area contributed by atoms with Crippen molar-refractivity contribution in [2.75, 3.05) is 0 Å². The molecule has 3 rings (SSSR count). The van der Waals surface area contributed by atoms with E-state index in [-0.39, 0.29) is 0 Å². The van der Waals surface area contributed by atoms with Gasteiger partial charge >= 0.3 is 0 Å². The number of nitrogens with one attached hydrogen (secondary N) is 1. The Labute approximate surface area is 229 Å². The van der Waals surface area contributed by atoms with Crippen molar-refractivity contribution in [1.29, 1.82) is 0 Å². The topological polar surface area (TPSA) is 37.5 Å². The standard InChI is InChI=1S/C30H33FN2O.2C2H6/c1-6-9-11-17-26(23-16-13-12-15-21(23)4)33-30(31)25-19-18-24-22(5)27(14-8-3)34-29(24)28(25)32-20-10-7-2;2*1-2/h7-20,30,33H,6H2,1-5H3;2*1-2H3/b10-7-,11-9-,14-8-,26-17-,32-20?;;/t30-;;/m0../s1. The van der Waals surface area contributed by atoms with E-state index in [0.717, 1.165) is 34.3 Å². The highest BCUT2D eigenvalue weighted by Crippen LogP contribution is 2.39. The number of aliphatic imine (C=N–C) groups is 1. The minimum absolute atomic E-state index is 0.424. The van der Waals surface area contributed by atoms with Gasteiger partial charge in [-0.25, -0.2) is 4.39 Å². The van der Waals surface area contributed by atoms with Gasteiger partial charge in [-0.05, 0) is 57.9 Å². The summed E-state index contributed by atoms with van der Waals surface area (Å²) in [5.74, 6) is 0.755. The molecule has 38 heavy (non-hydrogen) atoms. The second-order valence-corrected chi connectivity index (χ2v) is 8.01. The Morgan fingerprint density at radius 2 is 1.71 bits per heavy atom. The quantitative estimate of drug-likeness (QED) is 0.174. The molecule has 0 saturated carbocycles. The van der Waals surface area contributed by atoms with E-state index in [1.165, 1.54) is 0 Å². The lowest BCUT2D eigenvalue weighted by Gasteiger charge is -2.18. The van der Waals surface area contributed by atoms with Gasteiger partial charge in [-0.3, -0.25) is 4.99 Å². The van der Waals surface area contributed by atoms with Crippen LogP contribution in [0.3, 0.4) is 0 Å². The summed E-state index contributed by atoms with van der Waals surface area (Å²) < 4.78 is 22.1. The first kappa shape index (κ1) is 32.4. The fourth-order valence-electron chi connectivity index (χ4n) is 3.76. The van der Waals surface area contributed by atoms with E-state index in [2.05, 4.69) is 17.2 Å². The van der Waals surface area contributed by atoms with Crippen molar-refractivity contribution in [2.24, 2.45) is 4.99 Å². The van der Waals surface area contributed by atoms with Crippen LogP contribution in [0.4, 0.5) is 10.1 Å². The summed E-state index contributed by atoms with van der Waals surface area (Å²) in [5.41, 5.74) is 5.24. The second-order valence-electron chi connectivity index (χ2n) is 8.01. The smallest absolute Gasteiger partial charge is 0.198 e. The molecule has 3 aromatic rings. The number of alkyl halides is 1. The van der Waals surface area contributed by atoms with Crippen molar-refractivity contribution in [1.82, 2.24) is 5.32 Å². The number of allylic oxidation sites excluding steroid dienone is 6. The molecule has 0 fully saturated rings. The summed E-state index contributed by atoms with van der Waals surface area (Å²) in [6.07, 6.45) is 14.5. The number of hydrogen-bond donors (Lipinski definition) is 1. The van der Waals surface area contributed by atoms with Crippen molar-refractivity contribution in [3.63, 3.8) is 0 Å². The third-order valence-electron chi connectivity index (χ3n) is 5.57. The van der Waals surface area contributed by atoms with Crippen LogP contribution in [0.5, 0.6) is 0 Å². The van der Waals surface area contributed by atoms with Crippen molar-refractivity contribution in [2.45, 2.75) is 75.0 Å². The number of rotatable bonds is 9. The molecule has 0 bridgehead atoms. The van der Waals surface area contributed by atoms with Crippen molar-refractivity contribution < 1.29 is 8.81 Å². The lowest BCUT2D eigenvalue weighted by molar-refractivity contribution is 0.316. The molecule has 0 spiro atoms. The fraction of sp³-hybridized carbons (Fsp3) is 0.324. The maximum absolute atomic E-state index is 15.9. The molecule has 3 nitrogen and oxygen atoms in total. The van der Waals surface area contributed by atoms with Gasteiger partial charge in [0.05, 0.1) is 0 Å². The number of nitrogens with zero attached hydrogens (tertiary/aromatic N) is 1. The predicted molar refractivity (Wildman–Crippen MR) is 167 cm³/mol. The van der Waals surface area contributed by atoms with Crippen LogP contribution in [0, 0.1) is 13.8 Å². The van der Waals surface area contributed by atoms with Crippen molar-refractivity contribution >= 4 is 34.6 Å². The molecule has 1 heterocycles. The molecule has 0 aliphatic carbocycles. The Morgan fingerprint density at radius 3 is 2.34 bits per heavy atom. The van der Waals surface area contributed by atoms with E-state index >= 15 is 4.39 Å². The largest absolute Gasteiger partial charge is 0.454 e. The van der Waals surface area contributed by atoms with Gasteiger partial charge in [0.15, 0.2) is 11.9 Å². The third-order valence-corrected chi connectivity index (χ3v) is 5.57. The number of aryl methyl sites for hydroxylation is 2. The van der Waals surface area contributed by atoms with Gasteiger partial charge in [0, 0.05) is 34.0 Å². The SMILES string of the molecule is C/C=C\C=Nc1c([C@@H](F)N/C(=C\C=C/CC)c2ccccc2C)ccc2c(C)c(/C=C\C)oc12.CC.CC. The normalized spacial score (nSPS) is 12.7. The second kappa shape index (κ2) is 17.7. The number of halogens is 1. The zero-order valence-corrected chi connectivity index (χ0v) is 24.6. The molecule has 4 heteroatoms. The Hall–Kier alpha value is -3.66. The van der Waals surface area contributed by atoms with Crippen LogP contribution in [0.2, 0.25) is 0 Å². The molecule has 0 radical (unpaired) electrons. The summed E-state index contributed by atoms with van der Waals surface area (Å²) in [6, 6.07) is 11.7. The van der Waals surface area contributed by atoms with Gasteiger partial charge in [0.25, 0.3) is 0 Å². The average molecular weight is 517 g/mol. The highest BCUT2D eigenvalue weighted by Gasteiger charge is 2.21. The number of furan rings is 1. The van der Waals surface area contributed by atoms with E-state index in [0.29, 0.717) is 22.5 Å². The van der Waals surface area contributed by atoms with Gasteiger partial charge in [-0.15, -0.1) is 0 Å². The van der Waals surface area contributed by atoms with E-state index in [1.54, 1.807) is 12.3 Å². The molecule has 1 N–H and O–H groups in total. The van der Waals surface area contributed by atoms with Gasteiger partial charge in [-0.2, -0.15) is 0 Å². The first-order valence-electron chi connectivity index (χ1n) is 13.7. The van der Waals surface area contributed by atoms with Crippen molar-refractivity contribution in [3.05, 3.63) is 101 Å². The van der Waals surface area contributed by atoms with Gasteiger partial charge in [-0.1, -0.05) is 95.3 Å². The summed E-state index contributed by atoms with van der Waals surface area (Å²) >= 11 is 0. The first-order chi connectivity index (χ1) is 18.5. The van der Waals surface area contributed by atoms with E-state index in [9.17, 15) is 0 Å². The molecule has 0 aliphatic rings. The van der Waals surface area contributed by atoms with Crippen LogP contribution >= 0.6 is 0 Å². The summed E-state index contributed by atoms with van der Waals surface area (Å²) in [7, 11) is 0. The van der Waals surface area contributed by atoms with Crippen LogP contribution in [0.1, 0.15) is 89.2 Å². The maximum Gasteiger partial charge on any atom is 0.198 e. The Balaban J connectivity index is 0.00000172. The molecule has 0 amide bonds. The van der Waals surface area contributed by atoms with Gasteiger partial charge in [0.2, 0.25) is 0 Å². The number of benzene rings is 2. The van der Waals surface area contributed by atoms with Crippen LogP contribution in [-0.4, -0.2) is 6.21 Å². The van der Waals surface area contributed by atoms with Crippen LogP contribution in [0.15, 0.2) is 82.3 Å². The molecule has 2 aromatic carbocycles. The van der Waals surface area contributed by atoms with Crippen molar-refractivity contribution in [3.8, 4) is 0 Å². The van der Waals surface area contributed by atoms with Gasteiger partial charge in [0.1, 0.15) is 11.4 Å². The van der Waals surface area contributed by atoms with Crippen LogP contribution < -0.4 is 5.32 Å². The highest BCUT2D eigenvalue weighted by atomic mass is 19.1. The molecular weight excluding hydrogens is 471 g/mol.